The number of hydrazine groups is 1. The summed E-state index contributed by atoms with van der Waals surface area (Å²) in [5.41, 5.74) is 5.05. The molecule has 0 aromatic heterocycles. The van der Waals surface area contributed by atoms with Crippen molar-refractivity contribution >= 4 is 17.5 Å². The van der Waals surface area contributed by atoms with Gasteiger partial charge in [-0.15, -0.1) is 4.94 Å². The first kappa shape index (κ1) is 8.85. The molecule has 0 saturated heterocycles. The summed E-state index contributed by atoms with van der Waals surface area (Å²) in [6, 6.07) is 7.51. The smallest absolute Gasteiger partial charge is 0.0995 e. The van der Waals surface area contributed by atoms with E-state index in [0.29, 0.717) is 5.56 Å². The van der Waals surface area contributed by atoms with E-state index in [2.05, 4.69) is 16.4 Å². The zero-order valence-corrected chi connectivity index (χ0v) is 7.31. The van der Waals surface area contributed by atoms with Crippen molar-refractivity contribution < 1.29 is 0 Å². The number of anilines is 1. The Morgan fingerprint density at radius 2 is 2.25 bits per heavy atom. The van der Waals surface area contributed by atoms with E-state index in [9.17, 15) is 0 Å². The molecular weight excluding hydrogens is 174 g/mol. The maximum atomic E-state index is 8.68. The average molecular weight is 182 g/mol. The van der Waals surface area contributed by atoms with Gasteiger partial charge in [-0.1, -0.05) is 6.07 Å². The highest BCUT2D eigenvalue weighted by Gasteiger charge is 1.97. The van der Waals surface area contributed by atoms with Crippen molar-refractivity contribution in [2.24, 2.45) is 0 Å². The van der Waals surface area contributed by atoms with Gasteiger partial charge in [0.05, 0.1) is 17.3 Å². The van der Waals surface area contributed by atoms with E-state index in [4.69, 9.17) is 17.0 Å². The Labute approximate surface area is 76.0 Å². The molecule has 12 heavy (non-hydrogen) atoms. The maximum Gasteiger partial charge on any atom is 0.0995 e. The predicted molar refractivity (Wildman–Crippen MR) is 48.5 cm³/mol. The first-order valence-electron chi connectivity index (χ1n) is 3.40. The van der Waals surface area contributed by atoms with Crippen LogP contribution in [-0.2, 0) is 0 Å². The summed E-state index contributed by atoms with van der Waals surface area (Å²) in [6.07, 6.45) is 0. The predicted octanol–water partition coefficient (Wildman–Crippen LogP) is 1.94. The highest BCUT2D eigenvalue weighted by Crippen LogP contribution is 2.13. The van der Waals surface area contributed by atoms with Gasteiger partial charge in [0.15, 0.2) is 0 Å². The van der Waals surface area contributed by atoms with Gasteiger partial charge in [0.1, 0.15) is 0 Å². The minimum atomic E-state index is 0.645. The number of nitrogens with one attached hydrogen (secondary N) is 2. The van der Waals surface area contributed by atoms with Crippen LogP contribution >= 0.6 is 11.8 Å². The lowest BCUT2D eigenvalue weighted by molar-refractivity contribution is 1.20. The number of nitrogens with zero attached hydrogens (tertiary/aromatic N) is 1. The third-order valence-corrected chi connectivity index (χ3v) is 1.64. The topological polar surface area (TPSA) is 47.8 Å². The van der Waals surface area contributed by atoms with Crippen molar-refractivity contribution in [3.63, 3.8) is 0 Å². The van der Waals surface area contributed by atoms with Gasteiger partial charge in [-0.2, -0.15) is 5.26 Å². The Balaban J connectivity index is 2.99. The van der Waals surface area contributed by atoms with Gasteiger partial charge in [0.25, 0.3) is 0 Å². The van der Waals surface area contributed by atoms with E-state index in [1.807, 2.05) is 19.1 Å². The molecule has 0 radical (unpaired) electrons. The van der Waals surface area contributed by atoms with Crippen LogP contribution in [0.3, 0.4) is 0 Å². The lowest BCUT2D eigenvalue weighted by atomic mass is 10.1. The largest absolute Gasteiger partial charge is 0.308 e. The zero-order chi connectivity index (χ0) is 8.97. The van der Waals surface area contributed by atoms with E-state index in [1.54, 1.807) is 6.07 Å². The third kappa shape index (κ3) is 1.88. The summed E-state index contributed by atoms with van der Waals surface area (Å²) in [6.45, 7) is 1.89. The van der Waals surface area contributed by atoms with Crippen molar-refractivity contribution in [2.45, 2.75) is 6.92 Å². The summed E-state index contributed by atoms with van der Waals surface area (Å²) in [5, 5.41) is 8.68. The number of hydrogen-bond acceptors (Lipinski definition) is 3. The molecule has 4 heteroatoms. The number of halogens is 1. The van der Waals surface area contributed by atoms with E-state index in [-0.39, 0.29) is 0 Å². The molecule has 0 heterocycles. The van der Waals surface area contributed by atoms with Gasteiger partial charge in [0, 0.05) is 0 Å². The minimum Gasteiger partial charge on any atom is -0.308 e. The molecule has 0 saturated carbocycles. The summed E-state index contributed by atoms with van der Waals surface area (Å²) < 4.78 is 0. The molecule has 0 unspecified atom stereocenters. The average Bonchev–Trinajstić information content (AvgIpc) is 2.09. The molecule has 0 bridgehead atoms. The Kier molecular flexibility index (Phi) is 2.92. The molecule has 0 aliphatic heterocycles. The van der Waals surface area contributed by atoms with Crippen LogP contribution in [0.15, 0.2) is 18.2 Å². The zero-order valence-electron chi connectivity index (χ0n) is 6.56. The van der Waals surface area contributed by atoms with Gasteiger partial charge < -0.3 is 5.43 Å². The molecule has 62 valence electrons. The fraction of sp³-hybridized carbons (Fsp3) is 0.125. The first-order chi connectivity index (χ1) is 5.77. The molecule has 0 spiro atoms. The monoisotopic (exact) mass is 181 g/mol. The normalized spacial score (nSPS) is 9.08. The fourth-order valence-corrected chi connectivity index (χ4v) is 0.984. The molecule has 1 aromatic rings. The third-order valence-electron chi connectivity index (χ3n) is 1.55. The Bertz CT molecular complexity index is 317. The van der Waals surface area contributed by atoms with Crippen LogP contribution in [0.25, 0.3) is 0 Å². The Hall–Kier alpha value is -1.24. The number of nitriles is 1. The van der Waals surface area contributed by atoms with E-state index >= 15 is 0 Å². The van der Waals surface area contributed by atoms with E-state index in [0.717, 1.165) is 11.3 Å². The fourth-order valence-electron chi connectivity index (χ4n) is 0.875. The molecule has 0 atom stereocenters. The lowest BCUT2D eigenvalue weighted by Crippen LogP contribution is -2.08. The minimum absolute atomic E-state index is 0.645. The SMILES string of the molecule is Cc1ccc(NNCl)cc1C#N. The van der Waals surface area contributed by atoms with Crippen LogP contribution in [0.5, 0.6) is 0 Å². The molecule has 0 aliphatic carbocycles. The molecule has 2 N–H and O–H groups in total. The van der Waals surface area contributed by atoms with Crippen molar-refractivity contribution in [3.8, 4) is 6.07 Å². The molecular formula is C8H8ClN3. The molecule has 1 rings (SSSR count). The first-order valence-corrected chi connectivity index (χ1v) is 3.78. The van der Waals surface area contributed by atoms with Gasteiger partial charge >= 0.3 is 0 Å². The molecule has 0 fully saturated rings. The van der Waals surface area contributed by atoms with Crippen molar-refractivity contribution in [3.05, 3.63) is 29.3 Å². The summed E-state index contributed by atoms with van der Waals surface area (Å²) in [5.74, 6) is 0. The van der Waals surface area contributed by atoms with E-state index in [1.165, 1.54) is 0 Å². The van der Waals surface area contributed by atoms with Crippen LogP contribution in [0.2, 0.25) is 0 Å². The molecule has 0 aliphatic rings. The summed E-state index contributed by atoms with van der Waals surface area (Å²) >= 11 is 5.23. The van der Waals surface area contributed by atoms with Crippen LogP contribution in [0, 0.1) is 18.3 Å². The number of rotatable bonds is 2. The van der Waals surface area contributed by atoms with Crippen LogP contribution in [0.1, 0.15) is 11.1 Å². The summed E-state index contributed by atoms with van der Waals surface area (Å²) in [4.78, 5) is 2.27. The van der Waals surface area contributed by atoms with Gasteiger partial charge in [-0.25, -0.2) is 0 Å². The Morgan fingerprint density at radius 3 is 2.83 bits per heavy atom. The van der Waals surface area contributed by atoms with Crippen LogP contribution < -0.4 is 10.4 Å². The summed E-state index contributed by atoms with van der Waals surface area (Å²) in [7, 11) is 0. The van der Waals surface area contributed by atoms with Crippen molar-refractivity contribution in [1.29, 1.82) is 5.26 Å². The maximum absolute atomic E-state index is 8.68. The Morgan fingerprint density at radius 1 is 1.50 bits per heavy atom. The van der Waals surface area contributed by atoms with Gasteiger partial charge in [-0.05, 0) is 36.4 Å². The van der Waals surface area contributed by atoms with Crippen molar-refractivity contribution in [2.75, 3.05) is 5.43 Å². The van der Waals surface area contributed by atoms with Gasteiger partial charge in [0.2, 0.25) is 0 Å². The van der Waals surface area contributed by atoms with Crippen molar-refractivity contribution in [1.82, 2.24) is 4.94 Å². The molecule has 0 amide bonds. The second-order valence-electron chi connectivity index (χ2n) is 2.36. The number of hydrogen-bond donors (Lipinski definition) is 2. The molecule has 3 nitrogen and oxygen atoms in total. The van der Waals surface area contributed by atoms with E-state index < -0.39 is 0 Å². The number of aryl methyl sites for hydroxylation is 1. The standard InChI is InChI=1S/C8H8ClN3/c1-6-2-3-8(11-12-9)4-7(6)5-10/h2-4,11-12H,1H3. The van der Waals surface area contributed by atoms with Gasteiger partial charge in [-0.3, -0.25) is 0 Å². The second-order valence-corrected chi connectivity index (χ2v) is 2.55. The van der Waals surface area contributed by atoms with Crippen LogP contribution in [0.4, 0.5) is 5.69 Å². The quantitative estimate of drug-likeness (QED) is 0.542. The molecule has 1 aromatic carbocycles. The highest BCUT2D eigenvalue weighted by atomic mass is 35.5. The van der Waals surface area contributed by atoms with Crippen LogP contribution in [-0.4, -0.2) is 0 Å². The highest BCUT2D eigenvalue weighted by molar-refractivity contribution is 6.13. The lowest BCUT2D eigenvalue weighted by Gasteiger charge is -2.03. The number of benzene rings is 1. The second kappa shape index (κ2) is 3.96.